The van der Waals surface area contributed by atoms with Crippen molar-refractivity contribution in [1.29, 1.82) is 0 Å². The van der Waals surface area contributed by atoms with Gasteiger partial charge in [0.2, 0.25) is 0 Å². The summed E-state index contributed by atoms with van der Waals surface area (Å²) in [5.74, 6) is 0. The van der Waals surface area contributed by atoms with Crippen molar-refractivity contribution >= 4 is 16.9 Å². The number of urea groups is 1. The Hall–Kier alpha value is -2.79. The monoisotopic (exact) mass is 349 g/mol. The SMILES string of the molecule is CC1CN(C(=O)NCc2cc3ccccc3[nH]2)CC(c2ccccc2)O1. The molecule has 2 heterocycles. The Balaban J connectivity index is 1.40. The van der Waals surface area contributed by atoms with Crippen LogP contribution in [0.15, 0.2) is 60.7 Å². The van der Waals surface area contributed by atoms with Crippen molar-refractivity contribution in [3.05, 3.63) is 71.9 Å². The number of H-pyrrole nitrogens is 1. The molecule has 2 unspecified atom stereocenters. The van der Waals surface area contributed by atoms with Crippen molar-refractivity contribution in [2.24, 2.45) is 0 Å². The van der Waals surface area contributed by atoms with Crippen LogP contribution in [0.5, 0.6) is 0 Å². The maximum Gasteiger partial charge on any atom is 0.317 e. The van der Waals surface area contributed by atoms with Gasteiger partial charge in [-0.15, -0.1) is 0 Å². The minimum atomic E-state index is -0.0845. The van der Waals surface area contributed by atoms with Crippen molar-refractivity contribution in [3.8, 4) is 0 Å². The third-order valence-corrected chi connectivity index (χ3v) is 4.73. The normalized spacial score (nSPS) is 20.3. The van der Waals surface area contributed by atoms with E-state index in [9.17, 15) is 4.79 Å². The molecule has 0 saturated carbocycles. The van der Waals surface area contributed by atoms with Gasteiger partial charge in [-0.1, -0.05) is 48.5 Å². The molecular weight excluding hydrogens is 326 g/mol. The molecular formula is C21H23N3O2. The van der Waals surface area contributed by atoms with Crippen molar-refractivity contribution < 1.29 is 9.53 Å². The largest absolute Gasteiger partial charge is 0.367 e. The van der Waals surface area contributed by atoms with E-state index in [4.69, 9.17) is 4.74 Å². The van der Waals surface area contributed by atoms with Crippen LogP contribution in [-0.4, -0.2) is 35.1 Å². The second kappa shape index (κ2) is 7.22. The van der Waals surface area contributed by atoms with Gasteiger partial charge in [0.1, 0.15) is 6.10 Å². The Kier molecular flexibility index (Phi) is 4.63. The Morgan fingerprint density at radius 2 is 1.92 bits per heavy atom. The van der Waals surface area contributed by atoms with Gasteiger partial charge in [-0.05, 0) is 30.0 Å². The molecule has 0 spiro atoms. The molecule has 4 rings (SSSR count). The molecule has 0 aliphatic carbocycles. The first-order chi connectivity index (χ1) is 12.7. The molecule has 3 aromatic rings. The molecule has 0 radical (unpaired) electrons. The fourth-order valence-corrected chi connectivity index (χ4v) is 3.48. The first-order valence-electron chi connectivity index (χ1n) is 8.99. The quantitative estimate of drug-likeness (QED) is 0.755. The number of nitrogens with one attached hydrogen (secondary N) is 2. The fourth-order valence-electron chi connectivity index (χ4n) is 3.48. The van der Waals surface area contributed by atoms with E-state index in [-0.39, 0.29) is 18.2 Å². The van der Waals surface area contributed by atoms with E-state index in [2.05, 4.69) is 22.4 Å². The van der Waals surface area contributed by atoms with Gasteiger partial charge in [0.25, 0.3) is 0 Å². The van der Waals surface area contributed by atoms with Crippen LogP contribution in [0.25, 0.3) is 10.9 Å². The Morgan fingerprint density at radius 3 is 2.73 bits per heavy atom. The lowest BCUT2D eigenvalue weighted by atomic mass is 10.1. The summed E-state index contributed by atoms with van der Waals surface area (Å²) < 4.78 is 6.03. The van der Waals surface area contributed by atoms with E-state index in [0.29, 0.717) is 19.6 Å². The van der Waals surface area contributed by atoms with Crippen molar-refractivity contribution in [3.63, 3.8) is 0 Å². The molecule has 5 nitrogen and oxygen atoms in total. The number of nitrogens with zero attached hydrogens (tertiary/aromatic N) is 1. The van der Waals surface area contributed by atoms with Crippen molar-refractivity contribution in [1.82, 2.24) is 15.2 Å². The topological polar surface area (TPSA) is 57.4 Å². The highest BCUT2D eigenvalue weighted by Crippen LogP contribution is 2.25. The first-order valence-corrected chi connectivity index (χ1v) is 8.99. The molecule has 2 N–H and O–H groups in total. The predicted molar refractivity (Wildman–Crippen MR) is 102 cm³/mol. The zero-order valence-corrected chi connectivity index (χ0v) is 14.8. The number of carbonyl (C=O) groups excluding carboxylic acids is 1. The minimum Gasteiger partial charge on any atom is -0.367 e. The number of aromatic nitrogens is 1. The van der Waals surface area contributed by atoms with Gasteiger partial charge in [0, 0.05) is 17.8 Å². The van der Waals surface area contributed by atoms with Crippen molar-refractivity contribution in [2.45, 2.75) is 25.7 Å². The summed E-state index contributed by atoms with van der Waals surface area (Å²) in [4.78, 5) is 17.8. The Labute approximate surface area is 153 Å². The third-order valence-electron chi connectivity index (χ3n) is 4.73. The van der Waals surface area contributed by atoms with Gasteiger partial charge in [-0.3, -0.25) is 0 Å². The van der Waals surface area contributed by atoms with Crippen molar-refractivity contribution in [2.75, 3.05) is 13.1 Å². The van der Waals surface area contributed by atoms with E-state index in [1.165, 1.54) is 0 Å². The number of carbonyl (C=O) groups is 1. The molecule has 134 valence electrons. The smallest absolute Gasteiger partial charge is 0.317 e. The summed E-state index contributed by atoms with van der Waals surface area (Å²) >= 11 is 0. The first kappa shape index (κ1) is 16.7. The molecule has 2 atom stereocenters. The summed E-state index contributed by atoms with van der Waals surface area (Å²) in [5, 5.41) is 4.18. The van der Waals surface area contributed by atoms with Crippen LogP contribution < -0.4 is 5.32 Å². The lowest BCUT2D eigenvalue weighted by molar-refractivity contribution is -0.0657. The number of hydrogen-bond donors (Lipinski definition) is 2. The molecule has 1 fully saturated rings. The number of amides is 2. The van der Waals surface area contributed by atoms with Crippen LogP contribution in [0.2, 0.25) is 0 Å². The summed E-state index contributed by atoms with van der Waals surface area (Å²) in [6, 6.07) is 20.2. The van der Waals surface area contributed by atoms with Gasteiger partial charge in [0.15, 0.2) is 0 Å². The zero-order valence-electron chi connectivity index (χ0n) is 14.8. The fraction of sp³-hybridized carbons (Fsp3) is 0.286. The standard InChI is InChI=1S/C21H23N3O2/c1-15-13-24(14-20(26-15)16-7-3-2-4-8-16)21(25)22-12-18-11-17-9-5-6-10-19(17)23-18/h2-11,15,20,23H,12-14H2,1H3,(H,22,25). The zero-order chi connectivity index (χ0) is 17.9. The van der Waals surface area contributed by atoms with Crippen LogP contribution in [0.3, 0.4) is 0 Å². The van der Waals surface area contributed by atoms with Crippen LogP contribution >= 0.6 is 0 Å². The number of hydrogen-bond acceptors (Lipinski definition) is 2. The maximum absolute atomic E-state index is 12.7. The van der Waals surface area contributed by atoms with E-state index >= 15 is 0 Å². The lowest BCUT2D eigenvalue weighted by Gasteiger charge is -2.37. The molecule has 1 saturated heterocycles. The third kappa shape index (κ3) is 3.58. The molecule has 1 aromatic heterocycles. The molecule has 2 amide bonds. The number of benzene rings is 2. The lowest BCUT2D eigenvalue weighted by Crippen LogP contribution is -2.49. The van der Waals surface area contributed by atoms with E-state index in [0.717, 1.165) is 22.2 Å². The molecule has 26 heavy (non-hydrogen) atoms. The average Bonchev–Trinajstić information content (AvgIpc) is 3.09. The summed E-state index contributed by atoms with van der Waals surface area (Å²) in [7, 11) is 0. The highest BCUT2D eigenvalue weighted by atomic mass is 16.5. The average molecular weight is 349 g/mol. The van der Waals surface area contributed by atoms with Gasteiger partial charge in [-0.2, -0.15) is 0 Å². The van der Waals surface area contributed by atoms with Crippen LogP contribution in [0, 0.1) is 0 Å². The van der Waals surface area contributed by atoms with Gasteiger partial charge >= 0.3 is 6.03 Å². The van der Waals surface area contributed by atoms with Gasteiger partial charge in [0.05, 0.1) is 19.2 Å². The van der Waals surface area contributed by atoms with Crippen LogP contribution in [0.4, 0.5) is 4.79 Å². The molecule has 5 heteroatoms. The van der Waals surface area contributed by atoms with Gasteiger partial charge < -0.3 is 19.9 Å². The second-order valence-electron chi connectivity index (χ2n) is 6.79. The summed E-state index contributed by atoms with van der Waals surface area (Å²) in [6.45, 7) is 3.65. The Bertz CT molecular complexity index is 857. The number of ether oxygens (including phenoxy) is 1. The van der Waals surface area contributed by atoms with Gasteiger partial charge in [-0.25, -0.2) is 4.79 Å². The number of para-hydroxylation sites is 1. The number of morpholine rings is 1. The Morgan fingerprint density at radius 1 is 1.15 bits per heavy atom. The molecule has 1 aliphatic rings. The number of rotatable bonds is 3. The van der Waals surface area contributed by atoms with E-state index < -0.39 is 0 Å². The second-order valence-corrected chi connectivity index (χ2v) is 6.79. The highest BCUT2D eigenvalue weighted by Gasteiger charge is 2.29. The minimum absolute atomic E-state index is 0.00721. The summed E-state index contributed by atoms with van der Waals surface area (Å²) in [6.07, 6.45) is -0.0773. The van der Waals surface area contributed by atoms with E-state index in [1.807, 2.05) is 60.4 Å². The number of aromatic amines is 1. The van der Waals surface area contributed by atoms with E-state index in [1.54, 1.807) is 0 Å². The molecule has 0 bridgehead atoms. The maximum atomic E-state index is 12.7. The van der Waals surface area contributed by atoms with Crippen LogP contribution in [0.1, 0.15) is 24.3 Å². The highest BCUT2D eigenvalue weighted by molar-refractivity contribution is 5.80. The predicted octanol–water partition coefficient (Wildman–Crippen LogP) is 3.84. The molecule has 1 aliphatic heterocycles. The van der Waals surface area contributed by atoms with Crippen LogP contribution in [-0.2, 0) is 11.3 Å². The molecule has 2 aromatic carbocycles. The number of fused-ring (bicyclic) bond motifs is 1. The summed E-state index contributed by atoms with van der Waals surface area (Å²) in [5.41, 5.74) is 3.19.